The number of nitrogens with two attached hydrogens (primary N) is 2. The zero-order valence-corrected chi connectivity index (χ0v) is 9.60. The summed E-state index contributed by atoms with van der Waals surface area (Å²) in [6.45, 7) is 0.647. The number of benzene rings is 2. The molecule has 0 spiro atoms. The van der Waals surface area contributed by atoms with Gasteiger partial charge in [-0.05, 0) is 42.0 Å². The quantitative estimate of drug-likeness (QED) is 0.790. The largest absolute Gasteiger partial charge is 0.493 e. The van der Waals surface area contributed by atoms with Gasteiger partial charge in [-0.3, -0.25) is 0 Å². The molecule has 0 aliphatic heterocycles. The minimum absolute atomic E-state index is 0.647. The highest BCUT2D eigenvalue weighted by atomic mass is 16.5. The highest BCUT2D eigenvalue weighted by molar-refractivity contribution is 5.41. The van der Waals surface area contributed by atoms with Crippen LogP contribution >= 0.6 is 0 Å². The van der Waals surface area contributed by atoms with Crippen LogP contribution in [0.5, 0.6) is 5.75 Å². The fourth-order valence-corrected chi connectivity index (χ4v) is 1.54. The van der Waals surface area contributed by atoms with Gasteiger partial charge in [0.1, 0.15) is 5.75 Å². The Hall–Kier alpha value is -2.16. The Morgan fingerprint density at radius 3 is 1.88 bits per heavy atom. The number of hydrogen-bond donors (Lipinski definition) is 2. The molecular weight excluding hydrogens is 212 g/mol. The number of anilines is 2. The van der Waals surface area contributed by atoms with Gasteiger partial charge in [0.25, 0.3) is 0 Å². The van der Waals surface area contributed by atoms with E-state index in [1.54, 1.807) is 0 Å². The van der Waals surface area contributed by atoms with Crippen molar-refractivity contribution in [1.29, 1.82) is 0 Å². The molecule has 0 radical (unpaired) electrons. The van der Waals surface area contributed by atoms with Crippen LogP contribution in [0.2, 0.25) is 0 Å². The average molecular weight is 228 g/mol. The number of hydrogen-bond acceptors (Lipinski definition) is 3. The molecule has 0 fully saturated rings. The third kappa shape index (κ3) is 3.41. The van der Waals surface area contributed by atoms with E-state index < -0.39 is 0 Å². The minimum atomic E-state index is 0.647. The highest BCUT2D eigenvalue weighted by Crippen LogP contribution is 2.13. The molecule has 0 atom stereocenters. The van der Waals surface area contributed by atoms with Gasteiger partial charge >= 0.3 is 0 Å². The lowest BCUT2D eigenvalue weighted by molar-refractivity contribution is 0.322. The normalized spacial score (nSPS) is 10.1. The molecule has 0 saturated carbocycles. The smallest absolute Gasteiger partial charge is 0.119 e. The maximum atomic E-state index is 5.62. The van der Waals surface area contributed by atoms with Gasteiger partial charge in [0, 0.05) is 17.8 Å². The Morgan fingerprint density at radius 1 is 0.765 bits per heavy atom. The maximum absolute atomic E-state index is 5.62. The Labute approximate surface area is 101 Å². The topological polar surface area (TPSA) is 61.3 Å². The predicted octanol–water partition coefficient (Wildman–Crippen LogP) is 2.47. The summed E-state index contributed by atoms with van der Waals surface area (Å²) in [5.74, 6) is 0.842. The molecule has 17 heavy (non-hydrogen) atoms. The minimum Gasteiger partial charge on any atom is -0.493 e. The molecule has 2 aromatic rings. The first-order valence-electron chi connectivity index (χ1n) is 5.57. The second-order valence-corrected chi connectivity index (χ2v) is 3.91. The molecule has 3 heteroatoms. The van der Waals surface area contributed by atoms with Crippen molar-refractivity contribution in [1.82, 2.24) is 0 Å². The van der Waals surface area contributed by atoms with E-state index in [9.17, 15) is 0 Å². The summed E-state index contributed by atoms with van der Waals surface area (Å²) < 4.78 is 5.61. The molecule has 0 aliphatic carbocycles. The lowest BCUT2D eigenvalue weighted by Gasteiger charge is -2.06. The molecule has 0 aromatic heterocycles. The highest BCUT2D eigenvalue weighted by Gasteiger charge is 1.95. The van der Waals surface area contributed by atoms with E-state index in [-0.39, 0.29) is 0 Å². The van der Waals surface area contributed by atoms with Crippen LogP contribution in [0.3, 0.4) is 0 Å². The van der Waals surface area contributed by atoms with Crippen molar-refractivity contribution in [3.05, 3.63) is 54.1 Å². The third-order valence-corrected chi connectivity index (χ3v) is 2.52. The van der Waals surface area contributed by atoms with Gasteiger partial charge in [-0.2, -0.15) is 0 Å². The van der Waals surface area contributed by atoms with Crippen LogP contribution in [0.4, 0.5) is 11.4 Å². The molecule has 0 heterocycles. The van der Waals surface area contributed by atoms with Gasteiger partial charge in [0.15, 0.2) is 0 Å². The van der Waals surface area contributed by atoms with Crippen LogP contribution in [0, 0.1) is 0 Å². The lowest BCUT2D eigenvalue weighted by Crippen LogP contribution is -2.01. The second-order valence-electron chi connectivity index (χ2n) is 3.91. The van der Waals surface area contributed by atoms with E-state index in [4.69, 9.17) is 16.2 Å². The molecule has 88 valence electrons. The van der Waals surface area contributed by atoms with Gasteiger partial charge in [-0.1, -0.05) is 12.1 Å². The van der Waals surface area contributed by atoms with Crippen LogP contribution in [0.1, 0.15) is 5.56 Å². The first-order valence-corrected chi connectivity index (χ1v) is 5.57. The fraction of sp³-hybridized carbons (Fsp3) is 0.143. The maximum Gasteiger partial charge on any atom is 0.119 e. The summed E-state index contributed by atoms with van der Waals surface area (Å²) in [5, 5.41) is 0. The second kappa shape index (κ2) is 5.25. The van der Waals surface area contributed by atoms with E-state index in [1.165, 1.54) is 5.56 Å². The van der Waals surface area contributed by atoms with Crippen molar-refractivity contribution in [2.45, 2.75) is 6.42 Å². The van der Waals surface area contributed by atoms with Gasteiger partial charge in [0.2, 0.25) is 0 Å². The Morgan fingerprint density at radius 2 is 1.29 bits per heavy atom. The third-order valence-electron chi connectivity index (χ3n) is 2.52. The van der Waals surface area contributed by atoms with Crippen molar-refractivity contribution in [2.75, 3.05) is 18.1 Å². The number of ether oxygens (including phenoxy) is 1. The molecule has 0 bridgehead atoms. The number of nitrogen functional groups attached to an aromatic ring is 2. The zero-order chi connectivity index (χ0) is 12.1. The van der Waals surface area contributed by atoms with Gasteiger partial charge in [0.05, 0.1) is 6.61 Å². The number of rotatable bonds is 4. The summed E-state index contributed by atoms with van der Waals surface area (Å²) in [5.41, 5.74) is 14.0. The van der Waals surface area contributed by atoms with Gasteiger partial charge in [-0.25, -0.2) is 0 Å². The molecule has 0 saturated heterocycles. The summed E-state index contributed by atoms with van der Waals surface area (Å²) in [7, 11) is 0. The van der Waals surface area contributed by atoms with Crippen molar-refractivity contribution < 1.29 is 4.74 Å². The van der Waals surface area contributed by atoms with Crippen molar-refractivity contribution in [3.8, 4) is 5.75 Å². The SMILES string of the molecule is Nc1ccc(CCOc2ccc(N)cc2)cc1. The van der Waals surface area contributed by atoms with Crippen LogP contribution in [0.15, 0.2) is 48.5 Å². The molecule has 2 aromatic carbocycles. The van der Waals surface area contributed by atoms with Gasteiger partial charge in [-0.15, -0.1) is 0 Å². The van der Waals surface area contributed by atoms with Crippen LogP contribution in [0.25, 0.3) is 0 Å². The molecule has 4 N–H and O–H groups in total. The molecule has 3 nitrogen and oxygen atoms in total. The fourth-order valence-electron chi connectivity index (χ4n) is 1.54. The van der Waals surface area contributed by atoms with E-state index in [1.807, 2.05) is 48.5 Å². The summed E-state index contributed by atoms with van der Waals surface area (Å²) >= 11 is 0. The molecular formula is C14H16N2O. The van der Waals surface area contributed by atoms with Crippen LogP contribution in [-0.4, -0.2) is 6.61 Å². The molecule has 2 rings (SSSR count). The van der Waals surface area contributed by atoms with Crippen molar-refractivity contribution in [2.24, 2.45) is 0 Å². The van der Waals surface area contributed by atoms with Crippen LogP contribution in [-0.2, 0) is 6.42 Å². The van der Waals surface area contributed by atoms with E-state index in [2.05, 4.69) is 0 Å². The first kappa shape index (κ1) is 11.3. The standard InChI is InChI=1S/C14H16N2O/c15-12-3-1-11(2-4-12)9-10-17-14-7-5-13(16)6-8-14/h1-8H,9-10,15-16H2. The summed E-state index contributed by atoms with van der Waals surface area (Å²) in [6.07, 6.45) is 0.866. The zero-order valence-electron chi connectivity index (χ0n) is 9.60. The van der Waals surface area contributed by atoms with Crippen LogP contribution < -0.4 is 16.2 Å². The molecule has 0 amide bonds. The first-order chi connectivity index (χ1) is 8.24. The monoisotopic (exact) mass is 228 g/mol. The van der Waals surface area contributed by atoms with Gasteiger partial charge < -0.3 is 16.2 Å². The van der Waals surface area contributed by atoms with E-state index in [0.29, 0.717) is 6.61 Å². The average Bonchev–Trinajstić information content (AvgIpc) is 2.34. The van der Waals surface area contributed by atoms with Crippen molar-refractivity contribution >= 4 is 11.4 Å². The molecule has 0 unspecified atom stereocenters. The van der Waals surface area contributed by atoms with Crippen molar-refractivity contribution in [3.63, 3.8) is 0 Å². The lowest BCUT2D eigenvalue weighted by atomic mass is 10.1. The Bertz CT molecular complexity index is 417. The predicted molar refractivity (Wildman–Crippen MR) is 70.9 cm³/mol. The molecule has 0 aliphatic rings. The Kier molecular flexibility index (Phi) is 3.50. The summed E-state index contributed by atoms with van der Waals surface area (Å²) in [6, 6.07) is 15.2. The van der Waals surface area contributed by atoms with E-state index >= 15 is 0 Å². The van der Waals surface area contributed by atoms with E-state index in [0.717, 1.165) is 23.5 Å². The summed E-state index contributed by atoms with van der Waals surface area (Å²) in [4.78, 5) is 0. The Balaban J connectivity index is 1.83.